The van der Waals surface area contributed by atoms with Gasteiger partial charge in [0.2, 0.25) is 0 Å². The molecule has 8 heteroatoms. The number of hydrogen-bond donors (Lipinski definition) is 2. The van der Waals surface area contributed by atoms with Crippen LogP contribution in [0, 0.1) is 0 Å². The van der Waals surface area contributed by atoms with Crippen LogP contribution in [0.5, 0.6) is 5.75 Å². The number of nitrogens with one attached hydrogen (secondary N) is 1. The van der Waals surface area contributed by atoms with E-state index in [1.165, 1.54) is 30.3 Å². The van der Waals surface area contributed by atoms with Gasteiger partial charge in [0.1, 0.15) is 5.75 Å². The Morgan fingerprint density at radius 1 is 1.22 bits per heavy atom. The van der Waals surface area contributed by atoms with Crippen LogP contribution in [-0.2, 0) is 6.18 Å². The van der Waals surface area contributed by atoms with Gasteiger partial charge < -0.3 is 5.11 Å². The molecule has 0 fully saturated rings. The number of rotatable bonds is 3. The Bertz CT molecular complexity index is 761. The molecule has 23 heavy (non-hydrogen) atoms. The predicted octanol–water partition coefficient (Wildman–Crippen LogP) is 3.83. The van der Waals surface area contributed by atoms with Gasteiger partial charge in [0.15, 0.2) is 0 Å². The molecule has 2 rings (SSSR count). The summed E-state index contributed by atoms with van der Waals surface area (Å²) in [5, 5.41) is 13.4. The second kappa shape index (κ2) is 6.70. The monoisotopic (exact) mass is 342 g/mol. The highest BCUT2D eigenvalue weighted by Crippen LogP contribution is 2.31. The van der Waals surface area contributed by atoms with Gasteiger partial charge in [-0.2, -0.15) is 18.3 Å². The van der Waals surface area contributed by atoms with Gasteiger partial charge in [-0.25, -0.2) is 5.43 Å². The maximum Gasteiger partial charge on any atom is 0.417 e. The molecule has 2 aromatic carbocycles. The Balaban J connectivity index is 2.16. The maximum atomic E-state index is 12.8. The van der Waals surface area contributed by atoms with Crippen molar-refractivity contribution in [1.29, 1.82) is 0 Å². The lowest BCUT2D eigenvalue weighted by Crippen LogP contribution is -2.22. The first-order chi connectivity index (χ1) is 10.8. The van der Waals surface area contributed by atoms with Crippen LogP contribution in [0.2, 0.25) is 5.02 Å². The van der Waals surface area contributed by atoms with Crippen LogP contribution in [0.25, 0.3) is 0 Å². The van der Waals surface area contributed by atoms with Gasteiger partial charge in [0.05, 0.1) is 17.3 Å². The lowest BCUT2D eigenvalue weighted by Gasteiger charge is -2.10. The highest BCUT2D eigenvalue weighted by molar-refractivity contribution is 6.30. The first-order valence-electron chi connectivity index (χ1n) is 6.27. The summed E-state index contributed by atoms with van der Waals surface area (Å²) >= 11 is 5.66. The maximum absolute atomic E-state index is 12.8. The van der Waals surface area contributed by atoms with Crippen LogP contribution in [0.3, 0.4) is 0 Å². The smallest absolute Gasteiger partial charge is 0.417 e. The second-order valence-electron chi connectivity index (χ2n) is 4.45. The summed E-state index contributed by atoms with van der Waals surface area (Å²) < 4.78 is 38.5. The molecule has 0 heterocycles. The summed E-state index contributed by atoms with van der Waals surface area (Å²) in [6.45, 7) is 0. The predicted molar refractivity (Wildman–Crippen MR) is 79.6 cm³/mol. The number of halogens is 4. The van der Waals surface area contributed by atoms with Crippen LogP contribution < -0.4 is 5.43 Å². The zero-order chi connectivity index (χ0) is 17.0. The summed E-state index contributed by atoms with van der Waals surface area (Å²) in [6.07, 6.45) is -3.55. The zero-order valence-electron chi connectivity index (χ0n) is 11.4. The molecule has 4 nitrogen and oxygen atoms in total. The van der Waals surface area contributed by atoms with Crippen LogP contribution in [-0.4, -0.2) is 17.2 Å². The Morgan fingerprint density at radius 2 is 1.91 bits per heavy atom. The number of aromatic hydroxyl groups is 1. The number of hydrogen-bond acceptors (Lipinski definition) is 3. The molecular weight excluding hydrogens is 333 g/mol. The van der Waals surface area contributed by atoms with Crippen molar-refractivity contribution < 1.29 is 23.1 Å². The van der Waals surface area contributed by atoms with Crippen molar-refractivity contribution in [3.63, 3.8) is 0 Å². The lowest BCUT2D eigenvalue weighted by molar-refractivity contribution is -0.137. The van der Waals surface area contributed by atoms with Gasteiger partial charge >= 0.3 is 6.18 Å². The van der Waals surface area contributed by atoms with E-state index in [0.717, 1.165) is 18.3 Å². The third-order valence-electron chi connectivity index (χ3n) is 2.84. The third kappa shape index (κ3) is 4.23. The number of carbonyl (C=O) groups is 1. The largest absolute Gasteiger partial charge is 0.507 e. The number of phenols is 1. The van der Waals surface area contributed by atoms with E-state index < -0.39 is 23.2 Å². The van der Waals surface area contributed by atoms with Gasteiger partial charge in [-0.3, -0.25) is 4.79 Å². The molecule has 0 saturated carbocycles. The van der Waals surface area contributed by atoms with E-state index in [2.05, 4.69) is 5.10 Å². The average molecular weight is 343 g/mol. The number of phenolic OH excluding ortho intramolecular Hbond substituents is 1. The number of nitrogens with zero attached hydrogens (tertiary/aromatic N) is 1. The van der Waals surface area contributed by atoms with E-state index in [1.807, 2.05) is 5.43 Å². The SMILES string of the molecule is O=C(NN=Cc1ccc(Cl)cc1O)c1ccccc1C(F)(F)F. The highest BCUT2D eigenvalue weighted by atomic mass is 35.5. The Labute approximate surface area is 134 Å². The van der Waals surface area contributed by atoms with Crippen LogP contribution in [0.15, 0.2) is 47.6 Å². The molecule has 0 atom stereocenters. The Kier molecular flexibility index (Phi) is 4.90. The molecular formula is C15H10ClF3N2O2. The number of alkyl halides is 3. The van der Waals surface area contributed by atoms with Gasteiger partial charge in [-0.1, -0.05) is 23.7 Å². The average Bonchev–Trinajstić information content (AvgIpc) is 2.48. The minimum absolute atomic E-state index is 0.175. The number of amides is 1. The topological polar surface area (TPSA) is 61.7 Å². The lowest BCUT2D eigenvalue weighted by atomic mass is 10.1. The Morgan fingerprint density at radius 3 is 2.57 bits per heavy atom. The standard InChI is InChI=1S/C15H10ClF3N2O2/c16-10-6-5-9(13(22)7-10)8-20-21-14(23)11-3-1-2-4-12(11)15(17,18)19/h1-8,22H,(H,21,23). The van der Waals surface area contributed by atoms with Gasteiger partial charge in [-0.15, -0.1) is 0 Å². The van der Waals surface area contributed by atoms with Crippen LogP contribution >= 0.6 is 11.6 Å². The molecule has 0 saturated heterocycles. The summed E-state index contributed by atoms with van der Waals surface area (Å²) in [5.74, 6) is -1.19. The number of hydrazone groups is 1. The van der Waals surface area contributed by atoms with Crippen molar-refractivity contribution in [2.75, 3.05) is 0 Å². The van der Waals surface area contributed by atoms with E-state index in [9.17, 15) is 23.1 Å². The van der Waals surface area contributed by atoms with Crippen molar-refractivity contribution in [1.82, 2.24) is 5.43 Å². The van der Waals surface area contributed by atoms with Crippen molar-refractivity contribution in [2.45, 2.75) is 6.18 Å². The molecule has 2 N–H and O–H groups in total. The molecule has 0 radical (unpaired) electrons. The van der Waals surface area contributed by atoms with E-state index in [1.54, 1.807) is 0 Å². The fraction of sp³-hybridized carbons (Fsp3) is 0.0667. The van der Waals surface area contributed by atoms with E-state index in [-0.39, 0.29) is 11.3 Å². The van der Waals surface area contributed by atoms with Crippen molar-refractivity contribution in [2.24, 2.45) is 5.10 Å². The van der Waals surface area contributed by atoms with Gasteiger partial charge in [-0.05, 0) is 30.3 Å². The minimum Gasteiger partial charge on any atom is -0.507 e. The third-order valence-corrected chi connectivity index (χ3v) is 3.07. The van der Waals surface area contributed by atoms with Crippen molar-refractivity contribution in [3.8, 4) is 5.75 Å². The van der Waals surface area contributed by atoms with Gasteiger partial charge in [0.25, 0.3) is 5.91 Å². The number of carbonyl (C=O) groups excluding carboxylic acids is 1. The summed E-state index contributed by atoms with van der Waals surface area (Å²) in [5.41, 5.74) is 0.639. The Hall–Kier alpha value is -2.54. The minimum atomic E-state index is -4.65. The molecule has 0 aliphatic heterocycles. The molecule has 0 spiro atoms. The van der Waals surface area contributed by atoms with Crippen LogP contribution in [0.1, 0.15) is 21.5 Å². The molecule has 0 unspecified atom stereocenters. The fourth-order valence-electron chi connectivity index (χ4n) is 1.77. The molecule has 120 valence electrons. The van der Waals surface area contributed by atoms with E-state index in [0.29, 0.717) is 5.02 Å². The normalized spacial score (nSPS) is 11.7. The molecule has 2 aromatic rings. The first kappa shape index (κ1) is 16.8. The summed E-state index contributed by atoms with van der Waals surface area (Å²) in [7, 11) is 0. The second-order valence-corrected chi connectivity index (χ2v) is 4.88. The quantitative estimate of drug-likeness (QED) is 0.658. The number of benzene rings is 2. The highest BCUT2D eigenvalue weighted by Gasteiger charge is 2.34. The summed E-state index contributed by atoms with van der Waals surface area (Å²) in [6, 6.07) is 8.56. The summed E-state index contributed by atoms with van der Waals surface area (Å²) in [4.78, 5) is 11.8. The van der Waals surface area contributed by atoms with Crippen LogP contribution in [0.4, 0.5) is 13.2 Å². The first-order valence-corrected chi connectivity index (χ1v) is 6.65. The molecule has 0 aromatic heterocycles. The van der Waals surface area contributed by atoms with E-state index >= 15 is 0 Å². The van der Waals surface area contributed by atoms with Crippen molar-refractivity contribution >= 4 is 23.7 Å². The molecule has 0 aliphatic carbocycles. The van der Waals surface area contributed by atoms with Gasteiger partial charge in [0, 0.05) is 10.6 Å². The van der Waals surface area contributed by atoms with E-state index in [4.69, 9.17) is 11.6 Å². The van der Waals surface area contributed by atoms with Crippen molar-refractivity contribution in [3.05, 3.63) is 64.2 Å². The molecule has 0 bridgehead atoms. The fourth-order valence-corrected chi connectivity index (χ4v) is 1.94. The zero-order valence-corrected chi connectivity index (χ0v) is 12.2. The molecule has 1 amide bonds. The molecule has 0 aliphatic rings.